The fourth-order valence-corrected chi connectivity index (χ4v) is 4.37. The second-order valence-electron chi connectivity index (χ2n) is 9.16. The first-order valence-electron chi connectivity index (χ1n) is 11.0. The van der Waals surface area contributed by atoms with E-state index in [0.29, 0.717) is 39.8 Å². The van der Waals surface area contributed by atoms with E-state index in [1.54, 1.807) is 48.2 Å². The molecule has 3 aromatic rings. The van der Waals surface area contributed by atoms with Crippen molar-refractivity contribution in [3.63, 3.8) is 0 Å². The quantitative estimate of drug-likeness (QED) is 0.445. The van der Waals surface area contributed by atoms with Crippen LogP contribution in [0.15, 0.2) is 42.7 Å². The zero-order valence-electron chi connectivity index (χ0n) is 19.3. The predicted octanol–water partition coefficient (Wildman–Crippen LogP) is 4.32. The summed E-state index contributed by atoms with van der Waals surface area (Å²) in [4.78, 5) is 24.6. The number of carbonyl (C=O) groups is 2. The number of nitrogens with one attached hydrogen (secondary N) is 3. The van der Waals surface area contributed by atoms with Crippen molar-refractivity contribution in [2.45, 2.75) is 39.7 Å². The van der Waals surface area contributed by atoms with Crippen molar-refractivity contribution >= 4 is 34.5 Å². The Morgan fingerprint density at radius 2 is 1.85 bits per heavy atom. The minimum atomic E-state index is -0.552. The van der Waals surface area contributed by atoms with Crippen LogP contribution in [0.2, 0.25) is 0 Å². The molecular weight excluding hydrogens is 420 g/mol. The Labute approximate surface area is 192 Å². The summed E-state index contributed by atoms with van der Waals surface area (Å²) in [5.41, 5.74) is 8.50. The molecule has 1 fully saturated rings. The van der Waals surface area contributed by atoms with Gasteiger partial charge in [-0.3, -0.25) is 4.79 Å². The minimum Gasteiger partial charge on any atom is -0.497 e. The summed E-state index contributed by atoms with van der Waals surface area (Å²) in [5, 5.41) is 13.5. The van der Waals surface area contributed by atoms with Crippen molar-refractivity contribution < 1.29 is 14.3 Å². The lowest BCUT2D eigenvalue weighted by Crippen LogP contribution is -2.35. The molecular formula is C24H30N6O3. The molecule has 0 spiro atoms. The molecule has 0 aliphatic heterocycles. The Hall–Kier alpha value is -3.75. The number of anilines is 3. The van der Waals surface area contributed by atoms with Gasteiger partial charge in [0.05, 0.1) is 42.0 Å². The number of hydrogen-bond donors (Lipinski definition) is 4. The molecule has 5 N–H and O–H groups in total. The summed E-state index contributed by atoms with van der Waals surface area (Å²) < 4.78 is 6.76. The fourth-order valence-electron chi connectivity index (χ4n) is 4.37. The van der Waals surface area contributed by atoms with Crippen molar-refractivity contribution in [2.24, 2.45) is 17.1 Å². The fraction of sp³-hybridized carbons (Fsp3) is 0.375. The van der Waals surface area contributed by atoms with Gasteiger partial charge in [0.15, 0.2) is 0 Å². The number of rotatable bonds is 6. The van der Waals surface area contributed by atoms with E-state index in [9.17, 15) is 9.59 Å². The summed E-state index contributed by atoms with van der Waals surface area (Å²) >= 11 is 0. The second-order valence-corrected chi connectivity index (χ2v) is 9.16. The SMILES string of the molecule is COc1ccc(NC(=O)Nc2cc3c(NC4CCC(C)C4(C)C)c(C(N)=O)cnn3c2)cc1. The van der Waals surface area contributed by atoms with Gasteiger partial charge in [-0.1, -0.05) is 20.8 Å². The molecule has 1 saturated carbocycles. The number of amides is 3. The number of primary amides is 1. The largest absolute Gasteiger partial charge is 0.497 e. The van der Waals surface area contributed by atoms with Gasteiger partial charge in [0, 0.05) is 11.7 Å². The highest BCUT2D eigenvalue weighted by Crippen LogP contribution is 2.44. The average Bonchev–Trinajstić information content (AvgIpc) is 3.29. The van der Waals surface area contributed by atoms with Gasteiger partial charge in [-0.25, -0.2) is 9.31 Å². The van der Waals surface area contributed by atoms with Crippen LogP contribution in [-0.4, -0.2) is 34.7 Å². The minimum absolute atomic E-state index is 0.0566. The van der Waals surface area contributed by atoms with Crippen LogP contribution in [0, 0.1) is 11.3 Å². The summed E-state index contributed by atoms with van der Waals surface area (Å²) in [7, 11) is 1.59. The smallest absolute Gasteiger partial charge is 0.323 e. The molecule has 174 valence electrons. The number of methoxy groups -OCH3 is 1. The van der Waals surface area contributed by atoms with Gasteiger partial charge in [0.25, 0.3) is 5.91 Å². The molecule has 1 aliphatic carbocycles. The van der Waals surface area contributed by atoms with E-state index < -0.39 is 11.9 Å². The molecule has 3 amide bonds. The number of aromatic nitrogens is 2. The van der Waals surface area contributed by atoms with Crippen LogP contribution in [0.25, 0.3) is 5.52 Å². The maximum Gasteiger partial charge on any atom is 0.323 e. The molecule has 1 aliphatic rings. The summed E-state index contributed by atoms with van der Waals surface area (Å²) in [6.07, 6.45) is 5.26. The highest BCUT2D eigenvalue weighted by molar-refractivity contribution is 6.04. The van der Waals surface area contributed by atoms with Crippen LogP contribution >= 0.6 is 0 Å². The highest BCUT2D eigenvalue weighted by atomic mass is 16.5. The third kappa shape index (κ3) is 4.44. The van der Waals surface area contributed by atoms with Gasteiger partial charge >= 0.3 is 6.03 Å². The number of fused-ring (bicyclic) bond motifs is 1. The number of ether oxygens (including phenoxy) is 1. The van der Waals surface area contributed by atoms with Gasteiger partial charge in [-0.2, -0.15) is 5.10 Å². The van der Waals surface area contributed by atoms with Crippen molar-refractivity contribution in [1.82, 2.24) is 9.61 Å². The van der Waals surface area contributed by atoms with E-state index in [2.05, 4.69) is 41.8 Å². The van der Waals surface area contributed by atoms with Crippen LogP contribution in [-0.2, 0) is 0 Å². The van der Waals surface area contributed by atoms with Gasteiger partial charge in [0.1, 0.15) is 5.75 Å². The number of hydrogen-bond acceptors (Lipinski definition) is 5. The van der Waals surface area contributed by atoms with Crippen molar-refractivity contribution in [2.75, 3.05) is 23.1 Å². The topological polar surface area (TPSA) is 123 Å². The highest BCUT2D eigenvalue weighted by Gasteiger charge is 2.41. The van der Waals surface area contributed by atoms with Crippen LogP contribution in [0.5, 0.6) is 5.75 Å². The molecule has 0 bridgehead atoms. The van der Waals surface area contributed by atoms with Crippen molar-refractivity contribution in [1.29, 1.82) is 0 Å². The summed E-state index contributed by atoms with van der Waals surface area (Å²) in [5.74, 6) is 0.704. The number of benzene rings is 1. The lowest BCUT2D eigenvalue weighted by molar-refractivity contribution is 0.100. The first-order valence-corrected chi connectivity index (χ1v) is 11.0. The third-order valence-corrected chi connectivity index (χ3v) is 6.88. The lowest BCUT2D eigenvalue weighted by atomic mass is 9.80. The normalized spacial score (nSPS) is 19.3. The monoisotopic (exact) mass is 450 g/mol. The molecule has 9 heteroatoms. The van der Waals surface area contributed by atoms with Gasteiger partial charge in [0.2, 0.25) is 0 Å². The number of urea groups is 1. The maximum atomic E-state index is 12.5. The molecule has 2 unspecified atom stereocenters. The maximum absolute atomic E-state index is 12.5. The molecule has 1 aromatic carbocycles. The van der Waals surface area contributed by atoms with Crippen LogP contribution in [0.3, 0.4) is 0 Å². The van der Waals surface area contributed by atoms with E-state index in [4.69, 9.17) is 10.5 Å². The van der Waals surface area contributed by atoms with Crippen LogP contribution < -0.4 is 26.4 Å². The Morgan fingerprint density at radius 3 is 2.45 bits per heavy atom. The predicted molar refractivity (Wildman–Crippen MR) is 129 cm³/mol. The molecule has 2 aromatic heterocycles. The van der Waals surface area contributed by atoms with Crippen LogP contribution in [0.4, 0.5) is 21.9 Å². The Bertz CT molecular complexity index is 1180. The average molecular weight is 451 g/mol. The molecule has 0 saturated heterocycles. The zero-order valence-corrected chi connectivity index (χ0v) is 19.3. The van der Waals surface area contributed by atoms with Gasteiger partial charge < -0.3 is 26.4 Å². The summed E-state index contributed by atoms with van der Waals surface area (Å²) in [6.45, 7) is 6.72. The van der Waals surface area contributed by atoms with Gasteiger partial charge in [-0.15, -0.1) is 0 Å². The summed E-state index contributed by atoms with van der Waals surface area (Å²) in [6, 6.07) is 8.60. The third-order valence-electron chi connectivity index (χ3n) is 6.88. The van der Waals surface area contributed by atoms with E-state index in [1.807, 2.05) is 0 Å². The Balaban J connectivity index is 1.59. The molecule has 4 rings (SSSR count). The van der Waals surface area contributed by atoms with E-state index in [1.165, 1.54) is 6.20 Å². The van der Waals surface area contributed by atoms with E-state index in [-0.39, 0.29) is 11.5 Å². The number of nitrogens with zero attached hydrogens (tertiary/aromatic N) is 2. The Morgan fingerprint density at radius 1 is 1.15 bits per heavy atom. The molecule has 33 heavy (non-hydrogen) atoms. The number of nitrogens with two attached hydrogens (primary N) is 1. The molecule has 2 heterocycles. The Kier molecular flexibility index (Phi) is 5.88. The van der Waals surface area contributed by atoms with Crippen LogP contribution in [0.1, 0.15) is 44.0 Å². The first kappa shape index (κ1) is 22.4. The second kappa shape index (κ2) is 8.65. The standard InChI is InChI=1S/C24H30N6O3/c1-14-5-10-20(24(14,2)3)29-21-18(22(25)31)12-26-30-13-16(11-19(21)30)28-23(32)27-15-6-8-17(33-4)9-7-15/h6-9,11-14,20,29H,5,10H2,1-4H3,(H2,25,31)(H2,27,28,32). The first-order chi connectivity index (χ1) is 15.7. The molecule has 0 radical (unpaired) electrons. The zero-order chi connectivity index (χ0) is 23.8. The number of carbonyl (C=O) groups excluding carboxylic acids is 2. The van der Waals surface area contributed by atoms with Crippen molar-refractivity contribution in [3.8, 4) is 5.75 Å². The van der Waals surface area contributed by atoms with E-state index >= 15 is 0 Å². The van der Waals surface area contributed by atoms with Gasteiger partial charge in [-0.05, 0) is 54.5 Å². The molecule has 9 nitrogen and oxygen atoms in total. The molecule has 2 atom stereocenters. The van der Waals surface area contributed by atoms with E-state index in [0.717, 1.165) is 12.8 Å². The lowest BCUT2D eigenvalue weighted by Gasteiger charge is -2.33. The van der Waals surface area contributed by atoms with Crippen molar-refractivity contribution in [3.05, 3.63) is 48.3 Å².